The predicted octanol–water partition coefficient (Wildman–Crippen LogP) is 4.51. The van der Waals surface area contributed by atoms with Crippen molar-refractivity contribution in [2.24, 2.45) is 0 Å². The fraction of sp³-hybridized carbons (Fsp3) is 0.154. The molecule has 2 aromatic rings. The Balaban J connectivity index is 2.17. The van der Waals surface area contributed by atoms with Crippen LogP contribution in [0.15, 0.2) is 47.1 Å². The van der Waals surface area contributed by atoms with E-state index in [-0.39, 0.29) is 11.2 Å². The van der Waals surface area contributed by atoms with Crippen LogP contribution in [-0.4, -0.2) is 4.98 Å². The summed E-state index contributed by atoms with van der Waals surface area (Å²) in [5.74, 6) is -0.276. The van der Waals surface area contributed by atoms with Crippen molar-refractivity contribution in [3.63, 3.8) is 0 Å². The normalized spacial score (nSPS) is 12.4. The summed E-state index contributed by atoms with van der Waals surface area (Å²) >= 11 is 9.62. The van der Waals surface area contributed by atoms with Gasteiger partial charge in [0.15, 0.2) is 0 Å². The SMILES string of the molecule is Fc1ccc(C(Cl)Cc2ccccn2)c(Br)c1. The molecular weight excluding hydrogens is 305 g/mol. The first kappa shape index (κ1) is 12.5. The van der Waals surface area contributed by atoms with E-state index < -0.39 is 0 Å². The lowest BCUT2D eigenvalue weighted by atomic mass is 10.1. The fourth-order valence-corrected chi connectivity index (χ4v) is 2.68. The number of hydrogen-bond donors (Lipinski definition) is 0. The first-order valence-corrected chi connectivity index (χ1v) is 6.38. The molecule has 1 heterocycles. The van der Waals surface area contributed by atoms with Crippen molar-refractivity contribution in [3.05, 3.63) is 64.1 Å². The molecule has 1 unspecified atom stereocenters. The van der Waals surface area contributed by atoms with Gasteiger partial charge in [0.05, 0.1) is 5.38 Å². The minimum absolute atomic E-state index is 0.222. The van der Waals surface area contributed by atoms with Gasteiger partial charge in [0.25, 0.3) is 0 Å². The summed E-state index contributed by atoms with van der Waals surface area (Å²) in [7, 11) is 0. The zero-order valence-electron chi connectivity index (χ0n) is 8.91. The second-order valence-electron chi connectivity index (χ2n) is 3.66. The maximum absolute atomic E-state index is 13.0. The molecule has 0 aliphatic carbocycles. The van der Waals surface area contributed by atoms with Crippen LogP contribution in [0.1, 0.15) is 16.6 Å². The second kappa shape index (κ2) is 5.61. The Bertz CT molecular complexity index is 504. The van der Waals surface area contributed by atoms with Crippen LogP contribution in [0.5, 0.6) is 0 Å². The smallest absolute Gasteiger partial charge is 0.124 e. The topological polar surface area (TPSA) is 12.9 Å². The first-order valence-electron chi connectivity index (χ1n) is 5.16. The van der Waals surface area contributed by atoms with Crippen LogP contribution in [-0.2, 0) is 6.42 Å². The van der Waals surface area contributed by atoms with Crippen LogP contribution in [0, 0.1) is 5.82 Å². The zero-order valence-corrected chi connectivity index (χ0v) is 11.2. The molecule has 0 aliphatic heterocycles. The van der Waals surface area contributed by atoms with Crippen molar-refractivity contribution < 1.29 is 4.39 Å². The summed E-state index contributed by atoms with van der Waals surface area (Å²) in [4.78, 5) is 4.22. The minimum Gasteiger partial charge on any atom is -0.261 e. The molecule has 1 aromatic carbocycles. The predicted molar refractivity (Wildman–Crippen MR) is 70.6 cm³/mol. The number of nitrogens with zero attached hydrogens (tertiary/aromatic N) is 1. The van der Waals surface area contributed by atoms with Crippen molar-refractivity contribution in [2.75, 3.05) is 0 Å². The van der Waals surface area contributed by atoms with E-state index in [1.165, 1.54) is 12.1 Å². The van der Waals surface area contributed by atoms with Crippen molar-refractivity contribution >= 4 is 27.5 Å². The van der Waals surface area contributed by atoms with Crippen LogP contribution in [0.2, 0.25) is 0 Å². The van der Waals surface area contributed by atoms with Crippen LogP contribution >= 0.6 is 27.5 Å². The third-order valence-corrected chi connectivity index (χ3v) is 3.49. The molecule has 0 saturated heterocycles. The standard InChI is InChI=1S/C13H10BrClFN/c14-12-7-9(16)4-5-11(12)13(15)8-10-3-1-2-6-17-10/h1-7,13H,8H2. The number of hydrogen-bond acceptors (Lipinski definition) is 1. The third-order valence-electron chi connectivity index (χ3n) is 2.41. The Morgan fingerprint density at radius 1 is 1.29 bits per heavy atom. The molecule has 1 aromatic heterocycles. The highest BCUT2D eigenvalue weighted by atomic mass is 79.9. The molecule has 0 aliphatic rings. The average Bonchev–Trinajstić information content (AvgIpc) is 2.30. The minimum atomic E-state index is -0.276. The fourth-order valence-electron chi connectivity index (χ4n) is 1.57. The lowest BCUT2D eigenvalue weighted by Gasteiger charge is -2.11. The molecule has 0 fully saturated rings. The molecule has 0 saturated carbocycles. The molecule has 1 atom stereocenters. The molecule has 1 nitrogen and oxygen atoms in total. The lowest BCUT2D eigenvalue weighted by molar-refractivity contribution is 0.625. The number of benzene rings is 1. The summed E-state index contributed by atoms with van der Waals surface area (Å²) in [6.45, 7) is 0. The average molecular weight is 315 g/mol. The Morgan fingerprint density at radius 2 is 2.12 bits per heavy atom. The number of halogens is 3. The van der Waals surface area contributed by atoms with Crippen molar-refractivity contribution in [2.45, 2.75) is 11.8 Å². The maximum Gasteiger partial charge on any atom is 0.124 e. The molecule has 88 valence electrons. The Morgan fingerprint density at radius 3 is 2.76 bits per heavy atom. The number of rotatable bonds is 3. The molecule has 0 radical (unpaired) electrons. The van der Waals surface area contributed by atoms with Gasteiger partial charge in [0.2, 0.25) is 0 Å². The quantitative estimate of drug-likeness (QED) is 0.760. The Hall–Kier alpha value is -0.930. The van der Waals surface area contributed by atoms with E-state index in [0.717, 1.165) is 11.3 Å². The van der Waals surface area contributed by atoms with E-state index >= 15 is 0 Å². The lowest BCUT2D eigenvalue weighted by Crippen LogP contribution is -1.99. The van der Waals surface area contributed by atoms with Gasteiger partial charge < -0.3 is 0 Å². The van der Waals surface area contributed by atoms with E-state index in [1.807, 2.05) is 18.2 Å². The highest BCUT2D eigenvalue weighted by Crippen LogP contribution is 2.30. The van der Waals surface area contributed by atoms with E-state index in [0.29, 0.717) is 10.9 Å². The van der Waals surface area contributed by atoms with Crippen LogP contribution < -0.4 is 0 Å². The molecule has 17 heavy (non-hydrogen) atoms. The summed E-state index contributed by atoms with van der Waals surface area (Å²) in [6, 6.07) is 10.2. The monoisotopic (exact) mass is 313 g/mol. The first-order chi connectivity index (χ1) is 8.16. The summed E-state index contributed by atoms with van der Waals surface area (Å²) in [5.41, 5.74) is 1.79. The molecule has 0 N–H and O–H groups in total. The highest BCUT2D eigenvalue weighted by Gasteiger charge is 2.13. The largest absolute Gasteiger partial charge is 0.261 e. The van der Waals surface area contributed by atoms with E-state index in [9.17, 15) is 4.39 Å². The number of alkyl halides is 1. The van der Waals surface area contributed by atoms with Crippen molar-refractivity contribution in [3.8, 4) is 0 Å². The zero-order chi connectivity index (χ0) is 12.3. The van der Waals surface area contributed by atoms with Gasteiger partial charge in [-0.3, -0.25) is 4.98 Å². The third kappa shape index (κ3) is 3.27. The molecule has 0 amide bonds. The number of aromatic nitrogens is 1. The van der Waals surface area contributed by atoms with Gasteiger partial charge >= 0.3 is 0 Å². The van der Waals surface area contributed by atoms with Crippen LogP contribution in [0.3, 0.4) is 0 Å². The summed E-state index contributed by atoms with van der Waals surface area (Å²) in [5, 5.41) is -0.222. The Kier molecular flexibility index (Phi) is 4.13. The molecule has 0 bridgehead atoms. The van der Waals surface area contributed by atoms with Gasteiger partial charge in [-0.15, -0.1) is 11.6 Å². The van der Waals surface area contributed by atoms with Crippen LogP contribution in [0.4, 0.5) is 4.39 Å². The number of pyridine rings is 1. The van der Waals surface area contributed by atoms with Gasteiger partial charge in [0.1, 0.15) is 5.82 Å². The Labute approximate surface area is 113 Å². The van der Waals surface area contributed by atoms with Crippen LogP contribution in [0.25, 0.3) is 0 Å². The van der Waals surface area contributed by atoms with Gasteiger partial charge in [0, 0.05) is 22.8 Å². The molecular formula is C13H10BrClFN. The maximum atomic E-state index is 13.0. The van der Waals surface area contributed by atoms with Gasteiger partial charge in [-0.25, -0.2) is 4.39 Å². The molecule has 4 heteroatoms. The summed E-state index contributed by atoms with van der Waals surface area (Å²) < 4.78 is 13.6. The van der Waals surface area contributed by atoms with Crippen molar-refractivity contribution in [1.82, 2.24) is 4.98 Å². The van der Waals surface area contributed by atoms with Gasteiger partial charge in [-0.05, 0) is 29.8 Å². The van der Waals surface area contributed by atoms with Gasteiger partial charge in [-0.2, -0.15) is 0 Å². The van der Waals surface area contributed by atoms with Gasteiger partial charge in [-0.1, -0.05) is 28.1 Å². The van der Waals surface area contributed by atoms with Crippen molar-refractivity contribution in [1.29, 1.82) is 0 Å². The molecule has 0 spiro atoms. The van der Waals surface area contributed by atoms with E-state index in [2.05, 4.69) is 20.9 Å². The summed E-state index contributed by atoms with van der Waals surface area (Å²) in [6.07, 6.45) is 2.35. The second-order valence-corrected chi connectivity index (χ2v) is 5.04. The van der Waals surface area contributed by atoms with E-state index in [4.69, 9.17) is 11.6 Å². The molecule has 2 rings (SSSR count). The highest BCUT2D eigenvalue weighted by molar-refractivity contribution is 9.10. The van der Waals surface area contributed by atoms with E-state index in [1.54, 1.807) is 12.3 Å².